The monoisotopic (exact) mass is 421 g/mol. The van der Waals surface area contributed by atoms with Crippen molar-refractivity contribution in [3.63, 3.8) is 0 Å². The Kier molecular flexibility index (Phi) is 6.37. The van der Waals surface area contributed by atoms with Crippen molar-refractivity contribution in [2.45, 2.75) is 38.8 Å². The molecule has 0 aliphatic carbocycles. The molecule has 0 aromatic heterocycles. The Morgan fingerprint density at radius 3 is 2.65 bits per heavy atom. The summed E-state index contributed by atoms with van der Waals surface area (Å²) in [4.78, 5) is 38.1. The minimum absolute atomic E-state index is 0.215. The highest BCUT2D eigenvalue weighted by molar-refractivity contribution is 9.10. The van der Waals surface area contributed by atoms with Crippen molar-refractivity contribution in [1.29, 1.82) is 5.26 Å². The second kappa shape index (κ2) is 8.32. The lowest BCUT2D eigenvalue weighted by atomic mass is 10.0. The molecule has 1 saturated heterocycles. The minimum Gasteiger partial charge on any atom is -0.480 e. The third kappa shape index (κ3) is 4.22. The third-order valence-corrected chi connectivity index (χ3v) is 5.08. The van der Waals surface area contributed by atoms with Crippen molar-refractivity contribution < 1.29 is 19.5 Å². The van der Waals surface area contributed by atoms with E-state index >= 15 is 0 Å². The zero-order chi connectivity index (χ0) is 19.4. The zero-order valence-corrected chi connectivity index (χ0v) is 16.1. The molecule has 0 bridgehead atoms. The van der Waals surface area contributed by atoms with Gasteiger partial charge in [0.25, 0.3) is 5.91 Å². The van der Waals surface area contributed by atoms with Gasteiger partial charge in [0.1, 0.15) is 18.2 Å². The lowest BCUT2D eigenvalue weighted by Gasteiger charge is -2.29. The van der Waals surface area contributed by atoms with Crippen LogP contribution in [0.2, 0.25) is 0 Å². The molecule has 0 saturated carbocycles. The normalized spacial score (nSPS) is 17.7. The number of nitrogens with zero attached hydrogens (tertiary/aromatic N) is 2. The van der Waals surface area contributed by atoms with E-state index in [9.17, 15) is 19.5 Å². The first kappa shape index (κ1) is 19.9. The zero-order valence-electron chi connectivity index (χ0n) is 14.5. The van der Waals surface area contributed by atoms with E-state index in [0.717, 1.165) is 0 Å². The molecule has 0 spiro atoms. The predicted molar refractivity (Wildman–Crippen MR) is 97.3 cm³/mol. The predicted octanol–water partition coefficient (Wildman–Crippen LogP) is 2.15. The van der Waals surface area contributed by atoms with Crippen molar-refractivity contribution in [1.82, 2.24) is 10.2 Å². The molecule has 26 heavy (non-hydrogen) atoms. The van der Waals surface area contributed by atoms with Crippen LogP contribution in [0.15, 0.2) is 22.7 Å². The maximum atomic E-state index is 12.8. The molecule has 1 aromatic carbocycles. The van der Waals surface area contributed by atoms with Gasteiger partial charge in [0.15, 0.2) is 0 Å². The van der Waals surface area contributed by atoms with E-state index in [0.29, 0.717) is 29.4 Å². The Morgan fingerprint density at radius 2 is 2.08 bits per heavy atom. The van der Waals surface area contributed by atoms with Crippen LogP contribution in [0.4, 0.5) is 0 Å². The standard InChI is InChI=1S/C18H20BrN3O4/c1-10(2)15(17(24)22-7-3-4-14(22)18(25)26)21-16(23)11-5-6-13(19)12(8-11)9-20/h5-6,8,10,14-15H,3-4,7H2,1-2H3,(H,21,23)(H,25,26). The quantitative estimate of drug-likeness (QED) is 0.756. The van der Waals surface area contributed by atoms with E-state index in [1.54, 1.807) is 26.0 Å². The van der Waals surface area contributed by atoms with E-state index in [1.165, 1.54) is 11.0 Å². The Morgan fingerprint density at radius 1 is 1.38 bits per heavy atom. The molecule has 2 atom stereocenters. The summed E-state index contributed by atoms with van der Waals surface area (Å²) in [5, 5.41) is 21.1. The average Bonchev–Trinajstić information content (AvgIpc) is 3.09. The molecule has 2 N–H and O–H groups in total. The summed E-state index contributed by atoms with van der Waals surface area (Å²) in [7, 11) is 0. The number of hydrogen-bond acceptors (Lipinski definition) is 4. The number of nitrogens with one attached hydrogen (secondary N) is 1. The number of halogens is 1. The Balaban J connectivity index is 2.20. The van der Waals surface area contributed by atoms with Gasteiger partial charge in [0.2, 0.25) is 5.91 Å². The number of carboxylic acids is 1. The molecule has 1 aliphatic heterocycles. The summed E-state index contributed by atoms with van der Waals surface area (Å²) in [6.45, 7) is 3.94. The first-order chi connectivity index (χ1) is 12.3. The fourth-order valence-electron chi connectivity index (χ4n) is 2.96. The highest BCUT2D eigenvalue weighted by Gasteiger charge is 2.38. The van der Waals surface area contributed by atoms with Crippen LogP contribution in [0, 0.1) is 17.2 Å². The van der Waals surface area contributed by atoms with Gasteiger partial charge in [0.05, 0.1) is 5.56 Å². The molecule has 1 aliphatic rings. The molecule has 2 rings (SSSR count). The van der Waals surface area contributed by atoms with Crippen LogP contribution in [0.3, 0.4) is 0 Å². The Labute approximate surface area is 160 Å². The number of amides is 2. The first-order valence-corrected chi connectivity index (χ1v) is 9.09. The number of carboxylic acid groups (broad SMARTS) is 1. The number of carbonyl (C=O) groups excluding carboxylic acids is 2. The van der Waals surface area contributed by atoms with E-state index in [2.05, 4.69) is 21.2 Å². The maximum absolute atomic E-state index is 12.8. The molecular formula is C18H20BrN3O4. The summed E-state index contributed by atoms with van der Waals surface area (Å²) in [6.07, 6.45) is 1.04. The number of aliphatic carboxylic acids is 1. The van der Waals surface area contributed by atoms with Gasteiger partial charge in [-0.1, -0.05) is 13.8 Å². The van der Waals surface area contributed by atoms with Crippen molar-refractivity contribution in [2.75, 3.05) is 6.54 Å². The molecule has 7 nitrogen and oxygen atoms in total. The number of carbonyl (C=O) groups is 3. The highest BCUT2D eigenvalue weighted by Crippen LogP contribution is 2.21. The van der Waals surface area contributed by atoms with Crippen LogP contribution in [-0.2, 0) is 9.59 Å². The van der Waals surface area contributed by atoms with Gasteiger partial charge in [-0.3, -0.25) is 9.59 Å². The van der Waals surface area contributed by atoms with Crippen molar-refractivity contribution >= 4 is 33.7 Å². The van der Waals surface area contributed by atoms with E-state index in [1.807, 2.05) is 6.07 Å². The number of hydrogen-bond donors (Lipinski definition) is 2. The molecule has 8 heteroatoms. The topological polar surface area (TPSA) is 111 Å². The fraction of sp³-hybridized carbons (Fsp3) is 0.444. The van der Waals surface area contributed by atoms with Gasteiger partial charge < -0.3 is 15.3 Å². The first-order valence-electron chi connectivity index (χ1n) is 8.30. The van der Waals surface area contributed by atoms with Crippen molar-refractivity contribution in [3.05, 3.63) is 33.8 Å². The van der Waals surface area contributed by atoms with E-state index < -0.39 is 29.9 Å². The minimum atomic E-state index is -1.03. The Bertz CT molecular complexity index is 772. The fourth-order valence-corrected chi connectivity index (χ4v) is 3.29. The largest absolute Gasteiger partial charge is 0.480 e. The smallest absolute Gasteiger partial charge is 0.326 e. The second-order valence-corrected chi connectivity index (χ2v) is 7.38. The van der Waals surface area contributed by atoms with Crippen molar-refractivity contribution in [3.8, 4) is 6.07 Å². The van der Waals surface area contributed by atoms with Gasteiger partial charge in [0, 0.05) is 16.6 Å². The van der Waals surface area contributed by atoms with Crippen LogP contribution in [-0.4, -0.2) is 46.4 Å². The molecule has 1 aromatic rings. The summed E-state index contributed by atoms with van der Waals surface area (Å²) in [5.74, 6) is -2.12. The van der Waals surface area contributed by atoms with Crippen LogP contribution in [0.5, 0.6) is 0 Å². The van der Waals surface area contributed by atoms with Gasteiger partial charge >= 0.3 is 5.97 Å². The van der Waals surface area contributed by atoms with Crippen LogP contribution in [0.1, 0.15) is 42.6 Å². The maximum Gasteiger partial charge on any atom is 0.326 e. The number of nitriles is 1. The number of likely N-dealkylation sites (tertiary alicyclic amines) is 1. The highest BCUT2D eigenvalue weighted by atomic mass is 79.9. The van der Waals surface area contributed by atoms with Crippen molar-refractivity contribution in [2.24, 2.45) is 5.92 Å². The summed E-state index contributed by atoms with van der Waals surface area (Å²) >= 11 is 3.23. The van der Waals surface area contributed by atoms with E-state index in [-0.39, 0.29) is 11.5 Å². The number of benzene rings is 1. The SMILES string of the molecule is CC(C)C(NC(=O)c1ccc(Br)c(C#N)c1)C(=O)N1CCCC1C(=O)O. The molecule has 2 unspecified atom stereocenters. The molecule has 1 heterocycles. The Hall–Kier alpha value is -2.40. The van der Waals surface area contributed by atoms with Gasteiger partial charge in [-0.05, 0) is 52.9 Å². The summed E-state index contributed by atoms with van der Waals surface area (Å²) < 4.78 is 0.578. The third-order valence-electron chi connectivity index (χ3n) is 4.39. The van der Waals surface area contributed by atoms with Gasteiger partial charge in [-0.25, -0.2) is 4.79 Å². The second-order valence-electron chi connectivity index (χ2n) is 6.53. The molecule has 0 radical (unpaired) electrons. The summed E-state index contributed by atoms with van der Waals surface area (Å²) in [5.41, 5.74) is 0.579. The molecule has 1 fully saturated rings. The molecule has 138 valence electrons. The molecular weight excluding hydrogens is 402 g/mol. The lowest BCUT2D eigenvalue weighted by Crippen LogP contribution is -2.53. The van der Waals surface area contributed by atoms with Crippen LogP contribution >= 0.6 is 15.9 Å². The van der Waals surface area contributed by atoms with Crippen LogP contribution < -0.4 is 5.32 Å². The van der Waals surface area contributed by atoms with E-state index in [4.69, 9.17) is 5.26 Å². The lowest BCUT2D eigenvalue weighted by molar-refractivity contribution is -0.149. The average molecular weight is 422 g/mol. The summed E-state index contributed by atoms with van der Waals surface area (Å²) in [6, 6.07) is 4.89. The van der Waals surface area contributed by atoms with Gasteiger partial charge in [-0.2, -0.15) is 5.26 Å². The molecule has 2 amide bonds. The van der Waals surface area contributed by atoms with Gasteiger partial charge in [-0.15, -0.1) is 0 Å². The van der Waals surface area contributed by atoms with Crippen LogP contribution in [0.25, 0.3) is 0 Å². The number of rotatable bonds is 5.